The molecular weight excluding hydrogens is 382 g/mol. The van der Waals surface area contributed by atoms with Gasteiger partial charge in [0.15, 0.2) is 17.5 Å². The number of methoxy groups -OCH3 is 1. The van der Waals surface area contributed by atoms with Gasteiger partial charge in [0.1, 0.15) is 11.3 Å². The normalized spacial score (nSPS) is 22.2. The van der Waals surface area contributed by atoms with Gasteiger partial charge in [0.05, 0.1) is 25.2 Å². The maximum atomic E-state index is 13.0. The van der Waals surface area contributed by atoms with E-state index >= 15 is 0 Å². The maximum Gasteiger partial charge on any atom is 0.228 e. The molecule has 3 unspecified atom stereocenters. The van der Waals surface area contributed by atoms with Crippen LogP contribution in [0.25, 0.3) is 0 Å². The Morgan fingerprint density at radius 2 is 2.07 bits per heavy atom. The van der Waals surface area contributed by atoms with E-state index in [1.165, 1.54) is 18.8 Å². The Morgan fingerprint density at radius 3 is 2.77 bits per heavy atom. The van der Waals surface area contributed by atoms with E-state index in [2.05, 4.69) is 11.1 Å². The molecule has 4 rings (SSSR count). The molecule has 1 aromatic carbocycles. The molecule has 7 nitrogen and oxygen atoms in total. The minimum absolute atomic E-state index is 0.0511. The number of hydrogen-bond donors (Lipinski definition) is 1. The Balaban J connectivity index is 1.63. The standard InChI is InChI=1S/C23H25N3O4/c1-29-21-13-15(7-8-20(21)30-16-5-3-2-4-6-16)17(9-11-24)22-23(27)18-14-25-12-10-19(18)26(22)28/h7-8,10,12-14,16-17,22,26H,2-6,9H2,1H3. The lowest BCUT2D eigenvalue weighted by Gasteiger charge is -2.29. The number of aromatic nitrogens is 1. The van der Waals surface area contributed by atoms with Crippen LogP contribution >= 0.6 is 0 Å². The zero-order valence-corrected chi connectivity index (χ0v) is 17.0. The molecule has 156 valence electrons. The fourth-order valence-electron chi connectivity index (χ4n) is 4.53. The predicted molar refractivity (Wildman–Crippen MR) is 110 cm³/mol. The number of benzene rings is 1. The third-order valence-corrected chi connectivity index (χ3v) is 6.09. The van der Waals surface area contributed by atoms with E-state index in [1.54, 1.807) is 19.2 Å². The number of Topliss-reactive ketones (excluding diaryl/α,β-unsaturated/α-hetero) is 1. The van der Waals surface area contributed by atoms with Crippen LogP contribution < -0.4 is 14.5 Å². The first-order valence-electron chi connectivity index (χ1n) is 10.4. The summed E-state index contributed by atoms with van der Waals surface area (Å²) < 4.78 is 11.7. The average molecular weight is 407 g/mol. The summed E-state index contributed by atoms with van der Waals surface area (Å²) in [5, 5.41) is 22.1. The SMILES string of the molecule is COc1cc(C(CC#N)C2C(=O)c3cnccc3[NH+]2[O-])ccc1OC1CCCCC1. The number of nitriles is 1. The Morgan fingerprint density at radius 1 is 1.27 bits per heavy atom. The molecule has 0 saturated heterocycles. The van der Waals surface area contributed by atoms with Crippen LogP contribution in [0.4, 0.5) is 5.69 Å². The van der Waals surface area contributed by atoms with E-state index < -0.39 is 12.0 Å². The topological polar surface area (TPSA) is 99.7 Å². The van der Waals surface area contributed by atoms with E-state index in [0.29, 0.717) is 22.7 Å². The second kappa shape index (κ2) is 8.82. The van der Waals surface area contributed by atoms with Crippen molar-refractivity contribution in [3.05, 3.63) is 53.0 Å². The summed E-state index contributed by atoms with van der Waals surface area (Å²) in [6.07, 6.45) is 8.79. The van der Waals surface area contributed by atoms with Crippen LogP contribution in [0, 0.1) is 16.5 Å². The zero-order valence-electron chi connectivity index (χ0n) is 17.0. The van der Waals surface area contributed by atoms with E-state index in [4.69, 9.17) is 9.47 Å². The molecule has 1 saturated carbocycles. The van der Waals surface area contributed by atoms with Gasteiger partial charge in [-0.2, -0.15) is 5.26 Å². The number of quaternary nitrogens is 1. The van der Waals surface area contributed by atoms with Crippen LogP contribution in [-0.2, 0) is 0 Å². The summed E-state index contributed by atoms with van der Waals surface area (Å²) in [4.78, 5) is 16.9. The number of carbonyl (C=O) groups is 1. The number of fused-ring (bicyclic) bond motifs is 1. The van der Waals surface area contributed by atoms with Crippen molar-refractivity contribution in [3.63, 3.8) is 0 Å². The molecule has 2 aromatic rings. The summed E-state index contributed by atoms with van der Waals surface area (Å²) in [7, 11) is 1.57. The van der Waals surface area contributed by atoms with Crippen LogP contribution in [0.1, 0.15) is 60.4 Å². The van der Waals surface area contributed by atoms with Gasteiger partial charge in [-0.05, 0) is 43.4 Å². The highest BCUT2D eigenvalue weighted by Gasteiger charge is 2.44. The van der Waals surface area contributed by atoms with Crippen molar-refractivity contribution >= 4 is 11.5 Å². The first-order valence-corrected chi connectivity index (χ1v) is 10.4. The molecule has 2 heterocycles. The zero-order chi connectivity index (χ0) is 21.1. The van der Waals surface area contributed by atoms with Crippen molar-refractivity contribution in [2.24, 2.45) is 0 Å². The van der Waals surface area contributed by atoms with Crippen molar-refractivity contribution in [3.8, 4) is 17.6 Å². The lowest BCUT2D eigenvalue weighted by Crippen LogP contribution is -3.06. The first kappa shape index (κ1) is 20.3. The quantitative estimate of drug-likeness (QED) is 0.739. The smallest absolute Gasteiger partial charge is 0.228 e. The maximum absolute atomic E-state index is 13.0. The molecule has 3 atom stereocenters. The molecule has 1 aliphatic carbocycles. The Kier molecular flexibility index (Phi) is 5.98. The van der Waals surface area contributed by atoms with Gasteiger partial charge in [-0.1, -0.05) is 12.5 Å². The van der Waals surface area contributed by atoms with E-state index in [0.717, 1.165) is 31.2 Å². The molecule has 0 spiro atoms. The van der Waals surface area contributed by atoms with Crippen molar-refractivity contribution in [2.75, 3.05) is 7.11 Å². The minimum atomic E-state index is -0.918. The largest absolute Gasteiger partial charge is 0.628 e. The lowest BCUT2D eigenvalue weighted by atomic mass is 9.86. The summed E-state index contributed by atoms with van der Waals surface area (Å²) >= 11 is 0. The number of ketones is 1. The Labute approximate surface area is 175 Å². The second-order valence-corrected chi connectivity index (χ2v) is 7.88. The highest BCUT2D eigenvalue weighted by molar-refractivity contribution is 6.05. The molecule has 2 aliphatic rings. The number of carbonyl (C=O) groups excluding carboxylic acids is 1. The van der Waals surface area contributed by atoms with Crippen molar-refractivity contribution in [1.29, 1.82) is 5.26 Å². The van der Waals surface area contributed by atoms with Gasteiger partial charge in [0.25, 0.3) is 0 Å². The Hall–Kier alpha value is -2.95. The van der Waals surface area contributed by atoms with Crippen LogP contribution in [-0.4, -0.2) is 30.0 Å². The van der Waals surface area contributed by atoms with Crippen LogP contribution in [0.3, 0.4) is 0 Å². The van der Waals surface area contributed by atoms with Crippen molar-refractivity contribution in [1.82, 2.24) is 4.98 Å². The van der Waals surface area contributed by atoms with E-state index in [-0.39, 0.29) is 23.4 Å². The highest BCUT2D eigenvalue weighted by Crippen LogP contribution is 2.37. The molecule has 0 amide bonds. The van der Waals surface area contributed by atoms with Crippen molar-refractivity contribution in [2.45, 2.75) is 56.6 Å². The number of nitrogens with zero attached hydrogens (tertiary/aromatic N) is 2. The molecule has 1 N–H and O–H groups in total. The summed E-state index contributed by atoms with van der Waals surface area (Å²) in [6, 6.07) is 8.25. The average Bonchev–Trinajstić information content (AvgIpc) is 3.03. The molecular formula is C23H25N3O4. The van der Waals surface area contributed by atoms with Gasteiger partial charge in [0.2, 0.25) is 5.78 Å². The number of ether oxygens (including phenoxy) is 2. The number of hydrogen-bond acceptors (Lipinski definition) is 6. The van der Waals surface area contributed by atoms with Gasteiger partial charge in [-0.15, -0.1) is 0 Å². The fourth-order valence-corrected chi connectivity index (χ4v) is 4.53. The molecule has 7 heteroatoms. The number of nitrogens with one attached hydrogen (secondary N) is 1. The van der Waals surface area contributed by atoms with Crippen LogP contribution in [0.2, 0.25) is 0 Å². The lowest BCUT2D eigenvalue weighted by molar-refractivity contribution is -0.792. The monoisotopic (exact) mass is 407 g/mol. The van der Waals surface area contributed by atoms with Crippen LogP contribution in [0.5, 0.6) is 11.5 Å². The van der Waals surface area contributed by atoms with Crippen molar-refractivity contribution < 1.29 is 19.3 Å². The Bertz CT molecular complexity index is 965. The molecule has 1 aliphatic heterocycles. The van der Waals surface area contributed by atoms with Gasteiger partial charge in [-0.25, -0.2) is 0 Å². The first-order chi connectivity index (χ1) is 14.6. The van der Waals surface area contributed by atoms with E-state index in [9.17, 15) is 15.3 Å². The molecule has 1 aromatic heterocycles. The number of pyridine rings is 1. The third-order valence-electron chi connectivity index (χ3n) is 6.09. The van der Waals surface area contributed by atoms with Gasteiger partial charge in [-0.3, -0.25) is 9.78 Å². The third kappa shape index (κ3) is 3.76. The molecule has 1 fully saturated rings. The van der Waals surface area contributed by atoms with Gasteiger partial charge < -0.3 is 19.7 Å². The predicted octanol–water partition coefficient (Wildman–Crippen LogP) is 3.08. The molecule has 0 bridgehead atoms. The van der Waals surface area contributed by atoms with Crippen LogP contribution in [0.15, 0.2) is 36.7 Å². The number of rotatable bonds is 6. The van der Waals surface area contributed by atoms with Gasteiger partial charge in [0, 0.05) is 24.9 Å². The molecule has 30 heavy (non-hydrogen) atoms. The summed E-state index contributed by atoms with van der Waals surface area (Å²) in [5.74, 6) is 0.378. The fraction of sp³-hybridized carbons (Fsp3) is 0.435. The summed E-state index contributed by atoms with van der Waals surface area (Å²) in [5.41, 5.74) is 1.43. The molecule has 0 radical (unpaired) electrons. The highest BCUT2D eigenvalue weighted by atomic mass is 16.5. The van der Waals surface area contributed by atoms with Gasteiger partial charge >= 0.3 is 0 Å². The summed E-state index contributed by atoms with van der Waals surface area (Å²) in [6.45, 7) is 0. The minimum Gasteiger partial charge on any atom is -0.628 e. The second-order valence-electron chi connectivity index (χ2n) is 7.88. The number of hydroxylamine groups is 1. The van der Waals surface area contributed by atoms with E-state index in [1.807, 2.05) is 12.1 Å².